The molecule has 1 fully saturated rings. The van der Waals surface area contributed by atoms with Gasteiger partial charge in [-0.3, -0.25) is 9.20 Å². The van der Waals surface area contributed by atoms with Gasteiger partial charge >= 0.3 is 0 Å². The molecule has 0 amide bonds. The maximum atomic E-state index is 12.1. The van der Waals surface area contributed by atoms with Crippen LogP contribution in [0.1, 0.15) is 60.8 Å². The maximum Gasteiger partial charge on any atom is 0.191 e. The van der Waals surface area contributed by atoms with Crippen LogP contribution in [0.25, 0.3) is 0 Å². The second kappa shape index (κ2) is 11.1. The first-order valence-corrected chi connectivity index (χ1v) is 10.4. The smallest absolute Gasteiger partial charge is 0.191 e. The van der Waals surface area contributed by atoms with Gasteiger partial charge in [0.05, 0.1) is 6.10 Å². The first-order valence-electron chi connectivity index (χ1n) is 9.10. The molecule has 3 unspecified atom stereocenters. The number of unbranched alkanes of at least 4 members (excludes halogenated alkanes) is 1. The predicted molar refractivity (Wildman–Crippen MR) is 120 cm³/mol. The SMILES string of the molecule is CCCCOC1CC(NC(=NC)NCCS(=O)C(C)(C)C)C1(C)C.I. The molecule has 0 bridgehead atoms. The van der Waals surface area contributed by atoms with Gasteiger partial charge in [-0.1, -0.05) is 27.2 Å². The molecule has 2 N–H and O–H groups in total. The summed E-state index contributed by atoms with van der Waals surface area (Å²) in [5, 5.41) is 6.77. The lowest BCUT2D eigenvalue weighted by molar-refractivity contribution is -0.113. The Morgan fingerprint density at radius 3 is 2.48 bits per heavy atom. The zero-order chi connectivity index (χ0) is 18.4. The van der Waals surface area contributed by atoms with Crippen LogP contribution in [0.3, 0.4) is 0 Å². The molecule has 25 heavy (non-hydrogen) atoms. The van der Waals surface area contributed by atoms with Gasteiger partial charge in [0.2, 0.25) is 0 Å². The molecule has 1 rings (SSSR count). The van der Waals surface area contributed by atoms with E-state index in [1.54, 1.807) is 7.05 Å². The van der Waals surface area contributed by atoms with Gasteiger partial charge in [-0.15, -0.1) is 24.0 Å². The van der Waals surface area contributed by atoms with Gasteiger partial charge in [0.25, 0.3) is 0 Å². The number of aliphatic imine (C=N–C) groups is 1. The monoisotopic (exact) mass is 487 g/mol. The molecule has 0 aromatic heterocycles. The van der Waals surface area contributed by atoms with E-state index in [-0.39, 0.29) is 34.1 Å². The summed E-state index contributed by atoms with van der Waals surface area (Å²) in [4.78, 5) is 4.29. The van der Waals surface area contributed by atoms with Crippen molar-refractivity contribution in [2.75, 3.05) is 26.0 Å². The minimum atomic E-state index is -0.847. The van der Waals surface area contributed by atoms with Gasteiger partial charge < -0.3 is 15.4 Å². The fourth-order valence-corrected chi connectivity index (χ4v) is 3.61. The second-order valence-corrected chi connectivity index (χ2v) is 10.5. The molecule has 0 spiro atoms. The Morgan fingerprint density at radius 1 is 1.36 bits per heavy atom. The molecule has 0 heterocycles. The molecule has 1 aliphatic rings. The van der Waals surface area contributed by atoms with E-state index in [4.69, 9.17) is 4.74 Å². The van der Waals surface area contributed by atoms with Crippen molar-refractivity contribution in [1.29, 1.82) is 0 Å². The number of halogens is 1. The van der Waals surface area contributed by atoms with E-state index < -0.39 is 10.8 Å². The van der Waals surface area contributed by atoms with Crippen molar-refractivity contribution >= 4 is 40.7 Å². The van der Waals surface area contributed by atoms with Crippen molar-refractivity contribution in [3.63, 3.8) is 0 Å². The second-order valence-electron chi connectivity index (χ2n) is 8.13. The van der Waals surface area contributed by atoms with Gasteiger partial charge in [0.1, 0.15) is 0 Å². The molecule has 0 aromatic carbocycles. The number of rotatable bonds is 8. The minimum absolute atomic E-state index is 0. The highest BCUT2D eigenvalue weighted by atomic mass is 127. The highest BCUT2D eigenvalue weighted by Crippen LogP contribution is 2.42. The minimum Gasteiger partial charge on any atom is -0.378 e. The number of guanidine groups is 1. The molecule has 0 radical (unpaired) electrons. The topological polar surface area (TPSA) is 62.7 Å². The third-order valence-corrected chi connectivity index (χ3v) is 6.73. The molecule has 0 aromatic rings. The Morgan fingerprint density at radius 2 is 2.00 bits per heavy atom. The van der Waals surface area contributed by atoms with Crippen LogP contribution in [0.15, 0.2) is 4.99 Å². The number of ether oxygens (including phenoxy) is 1. The Kier molecular flexibility index (Phi) is 11.1. The lowest BCUT2D eigenvalue weighted by Crippen LogP contribution is -2.63. The zero-order valence-corrected chi connectivity index (χ0v) is 20.1. The molecular formula is C18H38IN3O2S. The van der Waals surface area contributed by atoms with Gasteiger partial charge in [-0.25, -0.2) is 0 Å². The molecule has 1 aliphatic carbocycles. The van der Waals surface area contributed by atoms with Crippen molar-refractivity contribution in [1.82, 2.24) is 10.6 Å². The highest BCUT2D eigenvalue weighted by molar-refractivity contribution is 14.0. The third-order valence-electron chi connectivity index (χ3n) is 4.79. The van der Waals surface area contributed by atoms with Crippen molar-refractivity contribution < 1.29 is 8.95 Å². The van der Waals surface area contributed by atoms with E-state index in [0.717, 1.165) is 25.4 Å². The average Bonchev–Trinajstić information content (AvgIpc) is 2.50. The summed E-state index contributed by atoms with van der Waals surface area (Å²) in [5.74, 6) is 1.41. The summed E-state index contributed by atoms with van der Waals surface area (Å²) in [5.41, 5.74) is 0.0968. The summed E-state index contributed by atoms with van der Waals surface area (Å²) in [7, 11) is 0.927. The summed E-state index contributed by atoms with van der Waals surface area (Å²) < 4.78 is 17.9. The summed E-state index contributed by atoms with van der Waals surface area (Å²) in [6, 6.07) is 0.350. The van der Waals surface area contributed by atoms with Crippen LogP contribution in [0.2, 0.25) is 0 Å². The number of hydrogen-bond donors (Lipinski definition) is 2. The first-order chi connectivity index (χ1) is 11.1. The molecule has 3 atom stereocenters. The van der Waals surface area contributed by atoms with E-state index in [2.05, 4.69) is 36.4 Å². The Bertz CT molecular complexity index is 450. The van der Waals surface area contributed by atoms with Crippen LogP contribution in [-0.2, 0) is 15.5 Å². The van der Waals surface area contributed by atoms with Crippen LogP contribution >= 0.6 is 24.0 Å². The summed E-state index contributed by atoms with van der Waals surface area (Å²) >= 11 is 0. The first kappa shape index (κ1) is 25.1. The van der Waals surface area contributed by atoms with Crippen molar-refractivity contribution in [3.8, 4) is 0 Å². The normalized spacial score (nSPS) is 24.0. The molecule has 5 nitrogen and oxygen atoms in total. The van der Waals surface area contributed by atoms with Gasteiger partial charge in [0, 0.05) is 53.0 Å². The standard InChI is InChI=1S/C18H37N3O2S.HI/c1-8-9-11-23-15-13-14(18(15,5)6)21-16(19-7)20-10-12-24(22)17(2,3)4;/h14-15H,8-13H2,1-7H3,(H2,19,20,21);1H. The van der Waals surface area contributed by atoms with Crippen LogP contribution in [-0.4, -0.2) is 53.0 Å². The molecule has 0 aliphatic heterocycles. The lowest BCUT2D eigenvalue weighted by Gasteiger charge is -2.52. The maximum absolute atomic E-state index is 12.1. The largest absolute Gasteiger partial charge is 0.378 e. The van der Waals surface area contributed by atoms with Gasteiger partial charge in [0.15, 0.2) is 5.96 Å². The Hall–Kier alpha value is 0.110. The van der Waals surface area contributed by atoms with Crippen molar-refractivity contribution in [2.24, 2.45) is 10.4 Å². The van der Waals surface area contributed by atoms with Crippen molar-refractivity contribution in [3.05, 3.63) is 0 Å². The fraction of sp³-hybridized carbons (Fsp3) is 0.944. The number of hydrogen-bond acceptors (Lipinski definition) is 3. The molecular weight excluding hydrogens is 449 g/mol. The van der Waals surface area contributed by atoms with Crippen LogP contribution in [0, 0.1) is 5.41 Å². The summed E-state index contributed by atoms with van der Waals surface area (Å²) in [6.07, 6.45) is 3.61. The average molecular weight is 487 g/mol. The van der Waals surface area contributed by atoms with Gasteiger partial charge in [-0.2, -0.15) is 0 Å². The zero-order valence-electron chi connectivity index (χ0n) is 17.0. The quantitative estimate of drug-likeness (QED) is 0.239. The van der Waals surface area contributed by atoms with E-state index in [9.17, 15) is 4.21 Å². The third kappa shape index (κ3) is 7.71. The van der Waals surface area contributed by atoms with Crippen molar-refractivity contribution in [2.45, 2.75) is 77.7 Å². The van der Waals surface area contributed by atoms with Crippen LogP contribution in [0.4, 0.5) is 0 Å². The highest BCUT2D eigenvalue weighted by Gasteiger charge is 2.49. The van der Waals surface area contributed by atoms with Crippen LogP contribution < -0.4 is 10.6 Å². The van der Waals surface area contributed by atoms with Gasteiger partial charge in [-0.05, 0) is 33.6 Å². The molecule has 0 saturated heterocycles. The van der Waals surface area contributed by atoms with Crippen LogP contribution in [0.5, 0.6) is 0 Å². The predicted octanol–water partition coefficient (Wildman–Crippen LogP) is 3.30. The van der Waals surface area contributed by atoms with E-state index in [1.807, 2.05) is 20.8 Å². The molecule has 7 heteroatoms. The lowest BCUT2D eigenvalue weighted by atomic mass is 9.64. The molecule has 1 saturated carbocycles. The number of nitrogens with zero attached hydrogens (tertiary/aromatic N) is 1. The molecule has 150 valence electrons. The van der Waals surface area contributed by atoms with E-state index >= 15 is 0 Å². The Labute approximate surface area is 174 Å². The van der Waals surface area contributed by atoms with E-state index in [0.29, 0.717) is 24.4 Å². The Balaban J connectivity index is 0.00000576. The fourth-order valence-electron chi connectivity index (χ4n) is 2.71. The van der Waals surface area contributed by atoms with E-state index in [1.165, 1.54) is 6.42 Å². The summed E-state index contributed by atoms with van der Waals surface area (Å²) in [6.45, 7) is 14.2. The number of nitrogens with one attached hydrogen (secondary N) is 2.